The van der Waals surface area contributed by atoms with Gasteiger partial charge < -0.3 is 19.6 Å². The summed E-state index contributed by atoms with van der Waals surface area (Å²) in [5.74, 6) is 0. The standard InChI is InChI=1S/Ba.Ca.H4O7P2.4H/c;;1-8(2,3)7-9(4,5)6;;;;/h;;(H2,1,2,3)(H2,4,5,6);;;;. The molecular weight excluding hydrogens is 351 g/mol. The third-order valence-electron chi connectivity index (χ3n) is 0.213. The second kappa shape index (κ2) is 7.39. The first-order valence-electron chi connectivity index (χ1n) is 1.53. The molecule has 0 spiro atoms. The van der Waals surface area contributed by atoms with Crippen molar-refractivity contribution in [2.24, 2.45) is 0 Å². The van der Waals surface area contributed by atoms with Crippen molar-refractivity contribution in [2.45, 2.75) is 0 Å². The van der Waals surface area contributed by atoms with Gasteiger partial charge in [0.15, 0.2) is 0 Å². The summed E-state index contributed by atoms with van der Waals surface area (Å²) in [5, 5.41) is 0. The van der Waals surface area contributed by atoms with Crippen LogP contribution in [0, 0.1) is 0 Å². The van der Waals surface area contributed by atoms with Crippen molar-refractivity contribution in [2.75, 3.05) is 0 Å². The maximum atomic E-state index is 9.63. The molecule has 0 aromatic rings. The van der Waals surface area contributed by atoms with Crippen molar-refractivity contribution >= 4 is 102 Å². The van der Waals surface area contributed by atoms with Gasteiger partial charge in [-0.15, -0.1) is 0 Å². The van der Waals surface area contributed by atoms with Gasteiger partial charge in [0.25, 0.3) is 0 Å². The molecular formula is H8BaCaO7P2. The Morgan fingerprint density at radius 3 is 1.09 bits per heavy atom. The molecule has 0 aromatic carbocycles. The topological polar surface area (TPSA) is 124 Å². The van der Waals surface area contributed by atoms with Crippen LogP contribution in [-0.2, 0) is 13.4 Å². The Balaban J connectivity index is -0.000000320. The molecule has 64 valence electrons. The zero-order valence-electron chi connectivity index (χ0n) is 3.91. The molecule has 0 aliphatic heterocycles. The zero-order chi connectivity index (χ0) is 7.71. The van der Waals surface area contributed by atoms with E-state index >= 15 is 0 Å². The summed E-state index contributed by atoms with van der Waals surface area (Å²) in [6, 6.07) is 0. The zero-order valence-corrected chi connectivity index (χ0v) is 5.70. The molecule has 11 heavy (non-hydrogen) atoms. The number of hydrogen-bond donors (Lipinski definition) is 4. The van der Waals surface area contributed by atoms with Crippen LogP contribution >= 0.6 is 15.6 Å². The molecule has 0 heterocycles. The first-order chi connectivity index (χ1) is 3.71. The van der Waals surface area contributed by atoms with Crippen molar-refractivity contribution in [3.63, 3.8) is 0 Å². The van der Waals surface area contributed by atoms with Crippen LogP contribution in [-0.4, -0.2) is 106 Å². The fraction of sp³-hybridized carbons (Fsp3) is 0. The van der Waals surface area contributed by atoms with Crippen molar-refractivity contribution in [1.82, 2.24) is 0 Å². The Morgan fingerprint density at radius 1 is 0.909 bits per heavy atom. The Morgan fingerprint density at radius 2 is 1.09 bits per heavy atom. The van der Waals surface area contributed by atoms with Gasteiger partial charge in [0, 0.05) is 0 Å². The van der Waals surface area contributed by atoms with Crippen molar-refractivity contribution in [1.29, 1.82) is 0 Å². The predicted molar refractivity (Wildman–Crippen MR) is 42.3 cm³/mol. The second-order valence-corrected chi connectivity index (χ2v) is 3.68. The summed E-state index contributed by atoms with van der Waals surface area (Å²) in [6.07, 6.45) is 0. The predicted octanol–water partition coefficient (Wildman–Crippen LogP) is -2.64. The number of phosphoric acid groups is 2. The minimum absolute atomic E-state index is 0. The molecule has 0 amide bonds. The van der Waals surface area contributed by atoms with E-state index in [1.54, 1.807) is 0 Å². The molecule has 0 aliphatic rings. The van der Waals surface area contributed by atoms with Gasteiger partial charge in [0.2, 0.25) is 0 Å². The SMILES string of the molecule is O=P(O)(O)OP(=O)(O)O.[BaH2].[CaH2]. The van der Waals surface area contributed by atoms with Crippen molar-refractivity contribution < 1.29 is 33.0 Å². The van der Waals surface area contributed by atoms with Crippen LogP contribution in [0.15, 0.2) is 0 Å². The molecule has 0 saturated carbocycles. The fourth-order valence-corrected chi connectivity index (χ4v) is 1.25. The Labute approximate surface area is 132 Å². The molecule has 7 nitrogen and oxygen atoms in total. The molecule has 0 aliphatic carbocycles. The molecule has 0 radical (unpaired) electrons. The molecule has 0 rings (SSSR count). The first kappa shape index (κ1) is 19.6. The summed E-state index contributed by atoms with van der Waals surface area (Å²) in [7, 11) is -10.1. The molecule has 0 saturated heterocycles. The van der Waals surface area contributed by atoms with E-state index in [0.717, 1.165) is 0 Å². The van der Waals surface area contributed by atoms with E-state index in [4.69, 9.17) is 19.6 Å². The molecule has 0 atom stereocenters. The van der Waals surface area contributed by atoms with Crippen molar-refractivity contribution in [3.8, 4) is 0 Å². The minimum atomic E-state index is -5.05. The number of rotatable bonds is 2. The van der Waals surface area contributed by atoms with Gasteiger partial charge in [-0.3, -0.25) is 0 Å². The van der Waals surface area contributed by atoms with Gasteiger partial charge in [-0.2, -0.15) is 4.31 Å². The van der Waals surface area contributed by atoms with Crippen molar-refractivity contribution in [3.05, 3.63) is 0 Å². The van der Waals surface area contributed by atoms with Gasteiger partial charge >= 0.3 is 102 Å². The summed E-state index contributed by atoms with van der Waals surface area (Å²) in [6.45, 7) is 0. The summed E-state index contributed by atoms with van der Waals surface area (Å²) < 4.78 is 22.2. The average Bonchev–Trinajstić information content (AvgIpc) is 1.14. The third kappa shape index (κ3) is 19.5. The Hall–Kier alpha value is 3.09. The van der Waals surface area contributed by atoms with Gasteiger partial charge in [0.1, 0.15) is 0 Å². The molecule has 0 fully saturated rings. The molecule has 0 aromatic heterocycles. The van der Waals surface area contributed by atoms with E-state index < -0.39 is 15.6 Å². The third-order valence-corrected chi connectivity index (χ3v) is 1.91. The maximum absolute atomic E-state index is 9.63. The van der Waals surface area contributed by atoms with Crippen LogP contribution in [0.2, 0.25) is 0 Å². The Kier molecular flexibility index (Phi) is 13.2. The van der Waals surface area contributed by atoms with E-state index in [2.05, 4.69) is 4.31 Å². The van der Waals surface area contributed by atoms with Crippen LogP contribution < -0.4 is 0 Å². The van der Waals surface area contributed by atoms with Crippen LogP contribution in [0.4, 0.5) is 0 Å². The molecule has 11 heteroatoms. The van der Waals surface area contributed by atoms with E-state index in [1.165, 1.54) is 0 Å². The molecule has 0 bridgehead atoms. The first-order valence-corrected chi connectivity index (χ1v) is 4.59. The van der Waals surface area contributed by atoms with Crippen LogP contribution in [0.25, 0.3) is 0 Å². The van der Waals surface area contributed by atoms with Crippen LogP contribution in [0.3, 0.4) is 0 Å². The summed E-state index contributed by atoms with van der Waals surface area (Å²) in [4.78, 5) is 31.0. The Bertz CT molecular complexity index is 157. The van der Waals surface area contributed by atoms with Crippen LogP contribution in [0.1, 0.15) is 0 Å². The van der Waals surface area contributed by atoms with Gasteiger partial charge in [-0.05, 0) is 0 Å². The normalized spacial score (nSPS) is 11.3. The second-order valence-electron chi connectivity index (χ2n) is 1.06. The molecule has 4 N–H and O–H groups in total. The van der Waals surface area contributed by atoms with Gasteiger partial charge in [-0.1, -0.05) is 0 Å². The average molecular weight is 359 g/mol. The van der Waals surface area contributed by atoms with Gasteiger partial charge in [0.05, 0.1) is 0 Å². The van der Waals surface area contributed by atoms with E-state index in [9.17, 15) is 9.13 Å². The summed E-state index contributed by atoms with van der Waals surface area (Å²) in [5.41, 5.74) is 0. The molecule has 0 unspecified atom stereocenters. The van der Waals surface area contributed by atoms with E-state index in [0.29, 0.717) is 0 Å². The monoisotopic (exact) mass is 360 g/mol. The number of hydrogen-bond acceptors (Lipinski definition) is 3. The fourth-order valence-electron chi connectivity index (χ4n) is 0.139. The van der Waals surface area contributed by atoms with E-state index in [1.807, 2.05) is 0 Å². The summed E-state index contributed by atoms with van der Waals surface area (Å²) >= 11 is 0. The van der Waals surface area contributed by atoms with Crippen LogP contribution in [0.5, 0.6) is 0 Å². The van der Waals surface area contributed by atoms with Gasteiger partial charge in [-0.25, -0.2) is 9.13 Å². The quantitative estimate of drug-likeness (QED) is 0.314. The van der Waals surface area contributed by atoms with E-state index in [-0.39, 0.29) is 86.6 Å².